The Hall–Kier alpha value is -1.39. The molecule has 24 heavy (non-hydrogen) atoms. The van der Waals surface area contributed by atoms with E-state index in [-0.39, 0.29) is 12.0 Å². The van der Waals surface area contributed by atoms with Gasteiger partial charge in [-0.25, -0.2) is 5.90 Å². The van der Waals surface area contributed by atoms with Gasteiger partial charge in [-0.3, -0.25) is 9.63 Å². The molecule has 4 nitrogen and oxygen atoms in total. The molecule has 0 aromatic heterocycles. The summed E-state index contributed by atoms with van der Waals surface area (Å²) in [5, 5.41) is 3.17. The van der Waals surface area contributed by atoms with E-state index in [1.165, 1.54) is 51.4 Å². The number of carbonyl (C=O) groups is 1. The van der Waals surface area contributed by atoms with Crippen molar-refractivity contribution in [2.75, 3.05) is 0 Å². The quantitative estimate of drug-likeness (QED) is 0.793. The number of nitrogens with one attached hydrogen (secondary N) is 1. The number of rotatable bonds is 5. The maximum Gasteiger partial charge on any atom is 0.251 e. The Morgan fingerprint density at radius 2 is 1.54 bits per heavy atom. The lowest BCUT2D eigenvalue weighted by Crippen LogP contribution is -2.36. The van der Waals surface area contributed by atoms with Crippen molar-refractivity contribution < 1.29 is 9.63 Å². The van der Waals surface area contributed by atoms with Crippen LogP contribution in [0.15, 0.2) is 24.3 Å². The zero-order chi connectivity index (χ0) is 16.8. The minimum atomic E-state index is -0.0549. The van der Waals surface area contributed by atoms with E-state index < -0.39 is 0 Å². The number of carbonyl (C=O) groups excluding carboxylic acids is 1. The highest BCUT2D eigenvalue weighted by Gasteiger charge is 2.26. The van der Waals surface area contributed by atoms with Crippen LogP contribution < -0.4 is 11.2 Å². The zero-order valence-corrected chi connectivity index (χ0v) is 14.5. The van der Waals surface area contributed by atoms with Crippen molar-refractivity contribution >= 4 is 5.91 Å². The minimum absolute atomic E-state index is 0.0383. The molecule has 1 atom stereocenters. The van der Waals surface area contributed by atoms with Crippen molar-refractivity contribution in [3.8, 4) is 0 Å². The molecule has 0 bridgehead atoms. The first kappa shape index (κ1) is 17.4. The predicted molar refractivity (Wildman–Crippen MR) is 95.4 cm³/mol. The molecule has 2 aliphatic carbocycles. The molecule has 0 aliphatic heterocycles. The van der Waals surface area contributed by atoms with Gasteiger partial charge < -0.3 is 5.32 Å². The van der Waals surface area contributed by atoms with E-state index in [2.05, 4.69) is 5.32 Å². The first-order valence-corrected chi connectivity index (χ1v) is 9.54. The summed E-state index contributed by atoms with van der Waals surface area (Å²) in [4.78, 5) is 17.7. The number of hydrogen-bond acceptors (Lipinski definition) is 3. The molecule has 1 amide bonds. The van der Waals surface area contributed by atoms with E-state index in [0.29, 0.717) is 12.0 Å². The van der Waals surface area contributed by atoms with Crippen LogP contribution in [0.2, 0.25) is 0 Å². The van der Waals surface area contributed by atoms with Gasteiger partial charge in [0.05, 0.1) is 0 Å². The van der Waals surface area contributed by atoms with Gasteiger partial charge in [-0.1, -0.05) is 50.7 Å². The lowest BCUT2D eigenvalue weighted by atomic mass is 9.82. The molecule has 2 fully saturated rings. The summed E-state index contributed by atoms with van der Waals surface area (Å²) in [6.07, 6.45) is 12.1. The second-order valence-electron chi connectivity index (χ2n) is 7.39. The number of amides is 1. The van der Waals surface area contributed by atoms with E-state index in [9.17, 15) is 4.79 Å². The Morgan fingerprint density at radius 3 is 2.12 bits per heavy atom. The smallest absolute Gasteiger partial charge is 0.251 e. The Kier molecular flexibility index (Phi) is 6.27. The van der Waals surface area contributed by atoms with E-state index in [1.54, 1.807) is 0 Å². The van der Waals surface area contributed by atoms with E-state index in [0.717, 1.165) is 24.0 Å². The standard InChI is InChI=1S/C20H30N2O2/c21-24-19(15-7-3-1-4-8-15)16-11-13-17(14-12-16)20(23)22-18-9-5-2-6-10-18/h11-15,18-19H,1-10,21H2,(H,22,23). The summed E-state index contributed by atoms with van der Waals surface area (Å²) in [5.74, 6) is 6.11. The van der Waals surface area contributed by atoms with Crippen LogP contribution >= 0.6 is 0 Å². The van der Waals surface area contributed by atoms with Crippen LogP contribution in [0.5, 0.6) is 0 Å². The van der Waals surface area contributed by atoms with Crippen molar-refractivity contribution in [1.82, 2.24) is 5.32 Å². The lowest BCUT2D eigenvalue weighted by Gasteiger charge is -2.29. The third kappa shape index (κ3) is 4.37. The molecular weight excluding hydrogens is 300 g/mol. The Bertz CT molecular complexity index is 517. The summed E-state index contributed by atoms with van der Waals surface area (Å²) < 4.78 is 0. The molecule has 0 saturated heterocycles. The molecule has 132 valence electrons. The number of benzene rings is 1. The minimum Gasteiger partial charge on any atom is -0.349 e. The molecule has 1 aromatic rings. The highest BCUT2D eigenvalue weighted by atomic mass is 16.6. The average molecular weight is 330 g/mol. The molecule has 3 rings (SSSR count). The third-order valence-electron chi connectivity index (χ3n) is 5.67. The molecule has 0 spiro atoms. The van der Waals surface area contributed by atoms with E-state index in [1.807, 2.05) is 24.3 Å². The van der Waals surface area contributed by atoms with Gasteiger partial charge in [0.1, 0.15) is 6.10 Å². The van der Waals surface area contributed by atoms with Crippen molar-refractivity contribution in [2.45, 2.75) is 76.4 Å². The molecule has 0 radical (unpaired) electrons. The summed E-state index contributed by atoms with van der Waals surface area (Å²) in [5.41, 5.74) is 1.81. The van der Waals surface area contributed by atoms with Crippen LogP contribution in [0.1, 0.15) is 86.2 Å². The fraction of sp³-hybridized carbons (Fsp3) is 0.650. The predicted octanol–water partition coefficient (Wildman–Crippen LogP) is 4.26. The van der Waals surface area contributed by atoms with Gasteiger partial charge in [0.15, 0.2) is 0 Å². The largest absolute Gasteiger partial charge is 0.349 e. The normalized spacial score (nSPS) is 21.4. The first-order chi connectivity index (χ1) is 11.8. The van der Waals surface area contributed by atoms with Crippen LogP contribution in [-0.2, 0) is 4.84 Å². The second kappa shape index (κ2) is 8.63. The van der Waals surface area contributed by atoms with Crippen LogP contribution in [0.4, 0.5) is 0 Å². The van der Waals surface area contributed by atoms with Crippen LogP contribution in [0.25, 0.3) is 0 Å². The van der Waals surface area contributed by atoms with E-state index in [4.69, 9.17) is 10.7 Å². The van der Waals surface area contributed by atoms with Crippen molar-refractivity contribution in [3.63, 3.8) is 0 Å². The summed E-state index contributed by atoms with van der Waals surface area (Å²) in [6, 6.07) is 8.16. The molecule has 2 aliphatic rings. The van der Waals surface area contributed by atoms with Crippen LogP contribution in [0.3, 0.4) is 0 Å². The highest BCUT2D eigenvalue weighted by molar-refractivity contribution is 5.94. The maximum absolute atomic E-state index is 12.4. The maximum atomic E-state index is 12.4. The van der Waals surface area contributed by atoms with Gasteiger partial charge in [-0.15, -0.1) is 0 Å². The van der Waals surface area contributed by atoms with Crippen LogP contribution in [0, 0.1) is 5.92 Å². The van der Waals surface area contributed by atoms with Gasteiger partial charge >= 0.3 is 0 Å². The lowest BCUT2D eigenvalue weighted by molar-refractivity contribution is -0.00276. The van der Waals surface area contributed by atoms with Gasteiger partial charge in [-0.05, 0) is 49.3 Å². The fourth-order valence-electron chi connectivity index (χ4n) is 4.24. The Labute approximate surface area is 145 Å². The average Bonchev–Trinajstić information content (AvgIpc) is 2.65. The van der Waals surface area contributed by atoms with Gasteiger partial charge in [-0.2, -0.15) is 0 Å². The number of hydrogen-bond donors (Lipinski definition) is 2. The molecule has 1 unspecified atom stereocenters. The van der Waals surface area contributed by atoms with Crippen molar-refractivity contribution in [3.05, 3.63) is 35.4 Å². The summed E-state index contributed by atoms with van der Waals surface area (Å²) in [7, 11) is 0. The molecule has 4 heteroatoms. The van der Waals surface area contributed by atoms with Gasteiger partial charge in [0.2, 0.25) is 0 Å². The molecule has 0 heterocycles. The fourth-order valence-corrected chi connectivity index (χ4v) is 4.24. The molecule has 3 N–H and O–H groups in total. The second-order valence-corrected chi connectivity index (χ2v) is 7.39. The van der Waals surface area contributed by atoms with Crippen LogP contribution in [-0.4, -0.2) is 11.9 Å². The van der Waals surface area contributed by atoms with Gasteiger partial charge in [0.25, 0.3) is 5.91 Å². The van der Waals surface area contributed by atoms with E-state index >= 15 is 0 Å². The molecule has 2 saturated carbocycles. The Balaban J connectivity index is 1.61. The molecular formula is C20H30N2O2. The summed E-state index contributed by atoms with van der Waals surface area (Å²) >= 11 is 0. The third-order valence-corrected chi connectivity index (χ3v) is 5.67. The summed E-state index contributed by atoms with van der Waals surface area (Å²) in [6.45, 7) is 0. The highest BCUT2D eigenvalue weighted by Crippen LogP contribution is 2.36. The van der Waals surface area contributed by atoms with Crippen molar-refractivity contribution in [1.29, 1.82) is 0 Å². The monoisotopic (exact) mass is 330 g/mol. The Morgan fingerprint density at radius 1 is 0.958 bits per heavy atom. The van der Waals surface area contributed by atoms with Gasteiger partial charge in [0, 0.05) is 11.6 Å². The topological polar surface area (TPSA) is 64.3 Å². The zero-order valence-electron chi connectivity index (χ0n) is 14.5. The number of nitrogens with two attached hydrogens (primary N) is 1. The van der Waals surface area contributed by atoms with Crippen molar-refractivity contribution in [2.24, 2.45) is 11.8 Å². The molecule has 1 aromatic carbocycles. The SMILES string of the molecule is NOC(c1ccc(C(=O)NC2CCCCC2)cc1)C1CCCCC1. The first-order valence-electron chi connectivity index (χ1n) is 9.54.